The van der Waals surface area contributed by atoms with E-state index in [1.165, 1.54) is 29.3 Å². The topological polar surface area (TPSA) is 49.4 Å². The highest BCUT2D eigenvalue weighted by molar-refractivity contribution is 7.89. The molecule has 2 heterocycles. The molecule has 2 aromatic carbocycles. The van der Waals surface area contributed by atoms with Crippen LogP contribution in [0.25, 0.3) is 0 Å². The molecule has 0 saturated carbocycles. The molecule has 0 saturated heterocycles. The Kier molecular flexibility index (Phi) is 5.59. The third-order valence-electron chi connectivity index (χ3n) is 5.12. The third-order valence-corrected chi connectivity index (χ3v) is 7.28. The molecule has 1 aromatic heterocycles. The molecular weight excluding hydrogens is 395 g/mol. The molecular formula is C21H21FN2O2S2. The highest BCUT2D eigenvalue weighted by Gasteiger charge is 2.27. The van der Waals surface area contributed by atoms with Crippen LogP contribution in [0.3, 0.4) is 0 Å². The van der Waals surface area contributed by atoms with Crippen molar-refractivity contribution in [3.05, 3.63) is 87.9 Å². The van der Waals surface area contributed by atoms with Crippen LogP contribution in [0.2, 0.25) is 0 Å². The van der Waals surface area contributed by atoms with Gasteiger partial charge in [-0.15, -0.1) is 0 Å². The Morgan fingerprint density at radius 2 is 1.82 bits per heavy atom. The van der Waals surface area contributed by atoms with Gasteiger partial charge in [-0.3, -0.25) is 4.90 Å². The summed E-state index contributed by atoms with van der Waals surface area (Å²) in [5.74, 6) is -0.742. The van der Waals surface area contributed by atoms with Crippen LogP contribution < -0.4 is 4.72 Å². The van der Waals surface area contributed by atoms with E-state index >= 15 is 0 Å². The molecule has 0 aliphatic carbocycles. The number of thiophene rings is 1. The number of hydrogen-bond donors (Lipinski definition) is 1. The van der Waals surface area contributed by atoms with Crippen molar-refractivity contribution < 1.29 is 12.8 Å². The molecule has 0 radical (unpaired) electrons. The zero-order valence-corrected chi connectivity index (χ0v) is 16.8. The van der Waals surface area contributed by atoms with Crippen molar-refractivity contribution in [1.29, 1.82) is 0 Å². The van der Waals surface area contributed by atoms with E-state index in [4.69, 9.17) is 0 Å². The summed E-state index contributed by atoms with van der Waals surface area (Å²) in [6, 6.07) is 15.7. The molecule has 7 heteroatoms. The van der Waals surface area contributed by atoms with Gasteiger partial charge in [0, 0.05) is 25.7 Å². The standard InChI is InChI=1S/C21H21FN2O2S2/c22-19-7-3-4-8-21(19)28(25,26)23-13-20(18-10-12-27-15-18)24-11-9-16-5-1-2-6-17(16)14-24/h1-8,10,12,15,20,23H,9,11,13-14H2/t20-/m0/s1. The maximum atomic E-state index is 14.0. The van der Waals surface area contributed by atoms with Crippen LogP contribution in [-0.2, 0) is 23.0 Å². The van der Waals surface area contributed by atoms with Crippen molar-refractivity contribution in [2.45, 2.75) is 23.9 Å². The van der Waals surface area contributed by atoms with Crippen LogP contribution in [-0.4, -0.2) is 26.4 Å². The first-order valence-electron chi connectivity index (χ1n) is 9.12. The molecule has 0 amide bonds. The summed E-state index contributed by atoms with van der Waals surface area (Å²) in [6.45, 7) is 1.80. The van der Waals surface area contributed by atoms with Crippen LogP contribution in [0.1, 0.15) is 22.7 Å². The fraction of sp³-hybridized carbons (Fsp3) is 0.238. The fourth-order valence-corrected chi connectivity index (χ4v) is 5.46. The monoisotopic (exact) mass is 416 g/mol. The minimum Gasteiger partial charge on any atom is -0.290 e. The summed E-state index contributed by atoms with van der Waals surface area (Å²) in [7, 11) is -3.92. The average molecular weight is 417 g/mol. The normalized spacial score (nSPS) is 15.9. The Hall–Kier alpha value is -2.06. The first kappa shape index (κ1) is 19.3. The van der Waals surface area contributed by atoms with Crippen molar-refractivity contribution in [1.82, 2.24) is 9.62 Å². The van der Waals surface area contributed by atoms with Gasteiger partial charge < -0.3 is 0 Å². The van der Waals surface area contributed by atoms with Crippen molar-refractivity contribution in [3.8, 4) is 0 Å². The third kappa shape index (κ3) is 4.03. The van der Waals surface area contributed by atoms with Gasteiger partial charge in [0.2, 0.25) is 10.0 Å². The van der Waals surface area contributed by atoms with Crippen molar-refractivity contribution in [2.24, 2.45) is 0 Å². The highest BCUT2D eigenvalue weighted by Crippen LogP contribution is 2.29. The lowest BCUT2D eigenvalue weighted by Gasteiger charge is -2.35. The number of benzene rings is 2. The second kappa shape index (κ2) is 8.13. The van der Waals surface area contributed by atoms with E-state index in [0.29, 0.717) is 0 Å². The molecule has 28 heavy (non-hydrogen) atoms. The van der Waals surface area contributed by atoms with Gasteiger partial charge in [-0.05, 0) is 52.1 Å². The van der Waals surface area contributed by atoms with Gasteiger partial charge in [0.05, 0.1) is 0 Å². The van der Waals surface area contributed by atoms with Crippen molar-refractivity contribution >= 4 is 21.4 Å². The number of fused-ring (bicyclic) bond motifs is 1. The van der Waals surface area contributed by atoms with E-state index in [9.17, 15) is 12.8 Å². The molecule has 146 valence electrons. The van der Waals surface area contributed by atoms with Gasteiger partial charge in [0.25, 0.3) is 0 Å². The van der Waals surface area contributed by atoms with Crippen LogP contribution in [0.15, 0.2) is 70.3 Å². The molecule has 0 unspecified atom stereocenters. The molecule has 0 spiro atoms. The summed E-state index contributed by atoms with van der Waals surface area (Å²) in [6.07, 6.45) is 0.927. The lowest BCUT2D eigenvalue weighted by molar-refractivity contribution is 0.180. The van der Waals surface area contributed by atoms with Crippen molar-refractivity contribution in [2.75, 3.05) is 13.1 Å². The smallest absolute Gasteiger partial charge is 0.243 e. The minimum absolute atomic E-state index is 0.110. The van der Waals surface area contributed by atoms with Gasteiger partial charge in [0.15, 0.2) is 0 Å². The molecule has 4 nitrogen and oxygen atoms in total. The van der Waals surface area contributed by atoms with E-state index in [2.05, 4.69) is 21.8 Å². The van der Waals surface area contributed by atoms with E-state index in [1.54, 1.807) is 11.3 Å². The molecule has 3 aromatic rings. The summed E-state index contributed by atoms with van der Waals surface area (Å²) < 4.78 is 41.9. The minimum atomic E-state index is -3.92. The molecule has 1 aliphatic heterocycles. The highest BCUT2D eigenvalue weighted by atomic mass is 32.2. The zero-order chi connectivity index (χ0) is 19.6. The Morgan fingerprint density at radius 1 is 1.07 bits per heavy atom. The summed E-state index contributed by atoms with van der Waals surface area (Å²) in [5, 5.41) is 4.04. The Bertz CT molecular complexity index is 1050. The maximum absolute atomic E-state index is 14.0. The fourth-order valence-electron chi connectivity index (χ4n) is 3.64. The summed E-state index contributed by atoms with van der Waals surface area (Å²) in [5.41, 5.74) is 3.68. The largest absolute Gasteiger partial charge is 0.290 e. The number of halogens is 1. The molecule has 1 N–H and O–H groups in total. The number of sulfonamides is 1. The van der Waals surface area contributed by atoms with Gasteiger partial charge in [-0.25, -0.2) is 17.5 Å². The SMILES string of the molecule is O=S(=O)(NC[C@@H](c1ccsc1)N1CCc2ccccc2C1)c1ccccc1F. The molecule has 0 fully saturated rings. The van der Waals surface area contributed by atoms with E-state index in [0.717, 1.165) is 31.1 Å². The van der Waals surface area contributed by atoms with E-state index in [1.807, 2.05) is 29.0 Å². The molecule has 0 bridgehead atoms. The van der Waals surface area contributed by atoms with Crippen LogP contribution >= 0.6 is 11.3 Å². The lowest BCUT2D eigenvalue weighted by Crippen LogP contribution is -2.40. The van der Waals surface area contributed by atoms with Gasteiger partial charge in [0.1, 0.15) is 10.7 Å². The first-order valence-corrected chi connectivity index (χ1v) is 11.5. The van der Waals surface area contributed by atoms with Crippen LogP contribution in [0, 0.1) is 5.82 Å². The molecule has 1 aliphatic rings. The Morgan fingerprint density at radius 3 is 2.57 bits per heavy atom. The summed E-state index contributed by atoms with van der Waals surface area (Å²) >= 11 is 1.59. The maximum Gasteiger partial charge on any atom is 0.243 e. The quantitative estimate of drug-likeness (QED) is 0.662. The Labute approximate surface area is 168 Å². The van der Waals surface area contributed by atoms with Gasteiger partial charge >= 0.3 is 0 Å². The van der Waals surface area contributed by atoms with E-state index < -0.39 is 15.8 Å². The first-order chi connectivity index (χ1) is 13.5. The molecule has 4 rings (SSSR count). The number of hydrogen-bond acceptors (Lipinski definition) is 4. The average Bonchev–Trinajstić information content (AvgIpc) is 3.22. The number of nitrogens with one attached hydrogen (secondary N) is 1. The zero-order valence-electron chi connectivity index (χ0n) is 15.2. The van der Waals surface area contributed by atoms with Crippen molar-refractivity contribution in [3.63, 3.8) is 0 Å². The second-order valence-electron chi connectivity index (χ2n) is 6.84. The predicted molar refractivity (Wildman–Crippen MR) is 109 cm³/mol. The Balaban J connectivity index is 1.56. The lowest BCUT2D eigenvalue weighted by atomic mass is 9.97. The van der Waals surface area contributed by atoms with Gasteiger partial charge in [-0.2, -0.15) is 11.3 Å². The summed E-state index contributed by atoms with van der Waals surface area (Å²) in [4.78, 5) is 1.97. The number of rotatable bonds is 6. The van der Waals surface area contributed by atoms with Gasteiger partial charge in [-0.1, -0.05) is 36.4 Å². The van der Waals surface area contributed by atoms with Crippen LogP contribution in [0.5, 0.6) is 0 Å². The van der Waals surface area contributed by atoms with Crippen LogP contribution in [0.4, 0.5) is 4.39 Å². The van der Waals surface area contributed by atoms with E-state index in [-0.39, 0.29) is 17.5 Å². The molecule has 1 atom stereocenters. The number of nitrogens with zero attached hydrogens (tertiary/aromatic N) is 1. The predicted octanol–water partition coefficient (Wildman–Crippen LogP) is 3.97. The second-order valence-corrected chi connectivity index (χ2v) is 9.36.